The van der Waals surface area contributed by atoms with Crippen molar-refractivity contribution in [2.45, 2.75) is 13.3 Å². The average molecular weight is 321 g/mol. The molecule has 0 aliphatic carbocycles. The minimum Gasteiger partial charge on any atom is -0.452 e. The second-order valence-corrected chi connectivity index (χ2v) is 5.15. The Balaban J connectivity index is 2.39. The molecule has 2 N–H and O–H groups in total. The fourth-order valence-corrected chi connectivity index (χ4v) is 1.68. The van der Waals surface area contributed by atoms with Gasteiger partial charge in [0, 0.05) is 26.3 Å². The maximum absolute atomic E-state index is 11.9. The van der Waals surface area contributed by atoms with Crippen molar-refractivity contribution < 1.29 is 19.1 Å². The third-order valence-corrected chi connectivity index (χ3v) is 2.95. The second kappa shape index (κ2) is 9.45. The summed E-state index contributed by atoms with van der Waals surface area (Å²) >= 11 is 0. The van der Waals surface area contributed by atoms with E-state index >= 15 is 0 Å². The molecule has 7 nitrogen and oxygen atoms in total. The van der Waals surface area contributed by atoms with Gasteiger partial charge in [-0.25, -0.2) is 4.79 Å². The van der Waals surface area contributed by atoms with Crippen LogP contribution in [-0.2, 0) is 14.3 Å². The van der Waals surface area contributed by atoms with Crippen LogP contribution in [0.1, 0.15) is 23.7 Å². The van der Waals surface area contributed by atoms with E-state index in [4.69, 9.17) is 4.74 Å². The first-order valence-electron chi connectivity index (χ1n) is 7.42. The molecule has 0 fully saturated rings. The van der Waals surface area contributed by atoms with Crippen LogP contribution in [0, 0.1) is 0 Å². The van der Waals surface area contributed by atoms with Crippen LogP contribution in [0.4, 0.5) is 5.69 Å². The summed E-state index contributed by atoms with van der Waals surface area (Å²) in [5.41, 5.74) is 1.22. The number of carbonyl (C=O) groups is 3. The van der Waals surface area contributed by atoms with Crippen molar-refractivity contribution in [1.29, 1.82) is 0 Å². The Kier molecular flexibility index (Phi) is 7.59. The third-order valence-electron chi connectivity index (χ3n) is 2.95. The van der Waals surface area contributed by atoms with E-state index in [9.17, 15) is 14.4 Å². The maximum atomic E-state index is 11.9. The zero-order chi connectivity index (χ0) is 17.2. The van der Waals surface area contributed by atoms with E-state index in [-0.39, 0.29) is 12.5 Å². The molecule has 23 heavy (non-hydrogen) atoms. The summed E-state index contributed by atoms with van der Waals surface area (Å²) in [5, 5.41) is 5.02. The van der Waals surface area contributed by atoms with E-state index in [1.54, 1.807) is 18.2 Å². The second-order valence-electron chi connectivity index (χ2n) is 5.15. The van der Waals surface area contributed by atoms with Gasteiger partial charge in [0.15, 0.2) is 6.61 Å². The van der Waals surface area contributed by atoms with Crippen LogP contribution in [0.15, 0.2) is 24.3 Å². The highest BCUT2D eigenvalue weighted by atomic mass is 16.5. The lowest BCUT2D eigenvalue weighted by atomic mass is 10.2. The van der Waals surface area contributed by atoms with Crippen LogP contribution in [0.3, 0.4) is 0 Å². The Bertz CT molecular complexity index is 558. The largest absolute Gasteiger partial charge is 0.452 e. The zero-order valence-corrected chi connectivity index (χ0v) is 13.7. The van der Waals surface area contributed by atoms with Gasteiger partial charge in [-0.3, -0.25) is 9.59 Å². The van der Waals surface area contributed by atoms with Gasteiger partial charge in [0.1, 0.15) is 0 Å². The van der Waals surface area contributed by atoms with Crippen LogP contribution in [0.25, 0.3) is 0 Å². The number of nitrogens with zero attached hydrogens (tertiary/aromatic N) is 1. The summed E-state index contributed by atoms with van der Waals surface area (Å²) in [4.78, 5) is 36.6. The van der Waals surface area contributed by atoms with Crippen LogP contribution >= 0.6 is 0 Å². The zero-order valence-electron chi connectivity index (χ0n) is 13.7. The number of anilines is 1. The summed E-state index contributed by atoms with van der Waals surface area (Å²) in [6.07, 6.45) is 0.823. The van der Waals surface area contributed by atoms with Crippen molar-refractivity contribution in [3.05, 3.63) is 29.8 Å². The number of amides is 2. The minimum absolute atomic E-state index is 0.132. The molecule has 0 spiro atoms. The van der Waals surface area contributed by atoms with Crippen molar-refractivity contribution in [1.82, 2.24) is 10.6 Å². The van der Waals surface area contributed by atoms with E-state index < -0.39 is 18.5 Å². The summed E-state index contributed by atoms with van der Waals surface area (Å²) in [6, 6.07) is 6.90. The number of nitrogens with one attached hydrogen (secondary N) is 2. The Morgan fingerprint density at radius 3 is 2.52 bits per heavy atom. The van der Waals surface area contributed by atoms with Gasteiger partial charge in [-0.15, -0.1) is 0 Å². The molecule has 0 radical (unpaired) electrons. The molecule has 0 aliphatic heterocycles. The van der Waals surface area contributed by atoms with E-state index in [1.165, 1.54) is 0 Å². The molecule has 0 saturated carbocycles. The van der Waals surface area contributed by atoms with Crippen LogP contribution in [-0.4, -0.2) is 51.6 Å². The van der Waals surface area contributed by atoms with Gasteiger partial charge < -0.3 is 20.3 Å². The van der Waals surface area contributed by atoms with Crippen LogP contribution in [0.5, 0.6) is 0 Å². The van der Waals surface area contributed by atoms with Gasteiger partial charge in [0.05, 0.1) is 12.1 Å². The molecule has 0 aromatic heterocycles. The predicted octanol–water partition coefficient (Wildman–Crippen LogP) is 0.552. The highest BCUT2D eigenvalue weighted by Crippen LogP contribution is 2.14. The van der Waals surface area contributed by atoms with Gasteiger partial charge >= 0.3 is 5.97 Å². The number of rotatable bonds is 8. The molecular weight excluding hydrogens is 298 g/mol. The minimum atomic E-state index is -0.584. The molecule has 0 saturated heterocycles. The van der Waals surface area contributed by atoms with E-state index in [1.807, 2.05) is 32.0 Å². The average Bonchev–Trinajstić information content (AvgIpc) is 2.55. The normalized spacial score (nSPS) is 9.87. The number of esters is 1. The number of hydrogen-bond acceptors (Lipinski definition) is 5. The van der Waals surface area contributed by atoms with Crippen molar-refractivity contribution >= 4 is 23.5 Å². The van der Waals surface area contributed by atoms with Gasteiger partial charge in [-0.05, 0) is 24.6 Å². The fourth-order valence-electron chi connectivity index (χ4n) is 1.68. The summed E-state index contributed by atoms with van der Waals surface area (Å²) in [6.45, 7) is 1.94. The number of benzene rings is 1. The fraction of sp³-hybridized carbons (Fsp3) is 0.438. The van der Waals surface area contributed by atoms with E-state index in [0.717, 1.165) is 12.1 Å². The molecular formula is C16H23N3O4. The third kappa shape index (κ3) is 6.82. The Hall–Kier alpha value is -2.57. The first-order valence-corrected chi connectivity index (χ1v) is 7.42. The molecule has 0 atom stereocenters. The predicted molar refractivity (Wildman–Crippen MR) is 87.4 cm³/mol. The highest BCUT2D eigenvalue weighted by Gasteiger charge is 2.12. The Morgan fingerprint density at radius 1 is 1.13 bits per heavy atom. The van der Waals surface area contributed by atoms with E-state index in [0.29, 0.717) is 12.1 Å². The molecule has 0 unspecified atom stereocenters. The van der Waals surface area contributed by atoms with Crippen molar-refractivity contribution in [3.8, 4) is 0 Å². The molecule has 2 amide bonds. The first-order chi connectivity index (χ1) is 10.9. The standard InChI is InChI=1S/C16H23N3O4/c1-4-8-17-14(20)10-18-15(21)11-23-16(22)12-6-5-7-13(9-12)19(2)3/h5-7,9H,4,8,10-11H2,1-3H3,(H,17,20)(H,18,21). The summed E-state index contributed by atoms with van der Waals surface area (Å²) in [7, 11) is 3.73. The molecule has 0 bridgehead atoms. The topological polar surface area (TPSA) is 87.7 Å². The van der Waals surface area contributed by atoms with Gasteiger partial charge in [0.2, 0.25) is 5.91 Å². The molecule has 0 heterocycles. The highest BCUT2D eigenvalue weighted by molar-refractivity contribution is 5.92. The summed E-state index contributed by atoms with van der Waals surface area (Å²) in [5.74, 6) is -1.38. The molecule has 0 aliphatic rings. The van der Waals surface area contributed by atoms with Crippen molar-refractivity contribution in [2.75, 3.05) is 38.7 Å². The summed E-state index contributed by atoms with van der Waals surface area (Å²) < 4.78 is 4.94. The van der Waals surface area contributed by atoms with Gasteiger partial charge in [-0.2, -0.15) is 0 Å². The lowest BCUT2D eigenvalue weighted by Gasteiger charge is -2.13. The van der Waals surface area contributed by atoms with Crippen LogP contribution in [0.2, 0.25) is 0 Å². The number of carbonyl (C=O) groups excluding carboxylic acids is 3. The molecule has 126 valence electrons. The number of ether oxygens (including phenoxy) is 1. The van der Waals surface area contributed by atoms with Gasteiger partial charge in [0.25, 0.3) is 5.91 Å². The lowest BCUT2D eigenvalue weighted by Crippen LogP contribution is -2.38. The number of hydrogen-bond donors (Lipinski definition) is 2. The van der Waals surface area contributed by atoms with Crippen LogP contribution < -0.4 is 15.5 Å². The van der Waals surface area contributed by atoms with Crippen molar-refractivity contribution in [3.63, 3.8) is 0 Å². The Morgan fingerprint density at radius 2 is 1.87 bits per heavy atom. The first kappa shape index (κ1) is 18.5. The smallest absolute Gasteiger partial charge is 0.338 e. The maximum Gasteiger partial charge on any atom is 0.338 e. The quantitative estimate of drug-likeness (QED) is 0.683. The lowest BCUT2D eigenvalue weighted by molar-refractivity contribution is -0.127. The molecule has 7 heteroatoms. The SMILES string of the molecule is CCCNC(=O)CNC(=O)COC(=O)c1cccc(N(C)C)c1. The molecule has 1 aromatic carbocycles. The molecule has 1 rings (SSSR count). The molecule has 1 aromatic rings. The Labute approximate surface area is 136 Å². The van der Waals surface area contributed by atoms with Gasteiger partial charge in [-0.1, -0.05) is 13.0 Å². The van der Waals surface area contributed by atoms with Crippen molar-refractivity contribution in [2.24, 2.45) is 0 Å². The monoisotopic (exact) mass is 321 g/mol. The van der Waals surface area contributed by atoms with E-state index in [2.05, 4.69) is 10.6 Å².